The van der Waals surface area contributed by atoms with Crippen molar-refractivity contribution in [2.45, 2.75) is 41.0 Å². The normalized spacial score (nSPS) is 14.9. The van der Waals surface area contributed by atoms with E-state index in [4.69, 9.17) is 4.42 Å². The standard InChI is InChI=1S/C23H18F3N3O5S2/c1-2-35(30,31)20-10-15(17-9-14(7-8-27-17)13-3-4-13)12-28-21(20)22-29-18-11-16(5-6-19(18)34-22)36(32,33)23(24,25)26/h5-13H,2-4H2,1H3. The van der Waals surface area contributed by atoms with Gasteiger partial charge in [-0.2, -0.15) is 13.2 Å². The number of benzene rings is 1. The number of fused-ring (bicyclic) bond motifs is 1. The van der Waals surface area contributed by atoms with Crippen LogP contribution in [0.5, 0.6) is 0 Å². The molecule has 1 fully saturated rings. The Bertz CT molecular complexity index is 1710. The van der Waals surface area contributed by atoms with Crippen LogP contribution in [-0.2, 0) is 19.7 Å². The third-order valence-corrected chi connectivity index (χ3v) is 9.10. The Morgan fingerprint density at radius 1 is 1.03 bits per heavy atom. The zero-order valence-corrected chi connectivity index (χ0v) is 20.3. The number of hydrogen-bond donors (Lipinski definition) is 0. The summed E-state index contributed by atoms with van der Waals surface area (Å²) >= 11 is 0. The first-order valence-electron chi connectivity index (χ1n) is 10.8. The molecule has 0 N–H and O–H groups in total. The van der Waals surface area contributed by atoms with Crippen molar-refractivity contribution < 1.29 is 34.4 Å². The van der Waals surface area contributed by atoms with Crippen LogP contribution in [0, 0.1) is 0 Å². The van der Waals surface area contributed by atoms with E-state index < -0.39 is 30.1 Å². The van der Waals surface area contributed by atoms with E-state index in [1.54, 1.807) is 6.20 Å². The van der Waals surface area contributed by atoms with Gasteiger partial charge in [0.05, 0.1) is 21.2 Å². The van der Waals surface area contributed by atoms with E-state index in [1.807, 2.05) is 12.1 Å². The summed E-state index contributed by atoms with van der Waals surface area (Å²) in [6.07, 6.45) is 5.23. The van der Waals surface area contributed by atoms with Crippen molar-refractivity contribution in [3.8, 4) is 22.8 Å². The Morgan fingerprint density at radius 3 is 2.44 bits per heavy atom. The molecule has 1 saturated carbocycles. The van der Waals surface area contributed by atoms with Gasteiger partial charge in [0.1, 0.15) is 11.2 Å². The zero-order chi connectivity index (χ0) is 25.9. The highest BCUT2D eigenvalue weighted by molar-refractivity contribution is 7.92. The minimum atomic E-state index is -5.60. The molecule has 0 bridgehead atoms. The first kappa shape index (κ1) is 24.4. The van der Waals surface area contributed by atoms with E-state index in [0.717, 1.165) is 36.6 Å². The monoisotopic (exact) mass is 537 g/mol. The average molecular weight is 538 g/mol. The number of halogens is 3. The van der Waals surface area contributed by atoms with Crippen LogP contribution in [0.1, 0.15) is 31.2 Å². The van der Waals surface area contributed by atoms with Gasteiger partial charge >= 0.3 is 5.51 Å². The Hall–Kier alpha value is -3.32. The fraction of sp³-hybridized carbons (Fsp3) is 0.261. The van der Waals surface area contributed by atoms with Crippen LogP contribution in [0.2, 0.25) is 0 Å². The van der Waals surface area contributed by atoms with Crippen LogP contribution in [-0.4, -0.2) is 43.0 Å². The quantitative estimate of drug-likeness (QED) is 0.340. The van der Waals surface area contributed by atoms with Gasteiger partial charge < -0.3 is 4.42 Å². The van der Waals surface area contributed by atoms with Gasteiger partial charge in [-0.3, -0.25) is 4.98 Å². The Morgan fingerprint density at radius 2 is 1.78 bits per heavy atom. The third kappa shape index (κ3) is 4.26. The summed E-state index contributed by atoms with van der Waals surface area (Å²) in [6, 6.07) is 7.71. The summed E-state index contributed by atoms with van der Waals surface area (Å²) in [5, 5.41) is 0. The molecular weight excluding hydrogens is 519 g/mol. The highest BCUT2D eigenvalue weighted by Gasteiger charge is 2.47. The van der Waals surface area contributed by atoms with Crippen molar-refractivity contribution in [1.82, 2.24) is 15.0 Å². The van der Waals surface area contributed by atoms with Crippen LogP contribution in [0.3, 0.4) is 0 Å². The predicted molar refractivity (Wildman–Crippen MR) is 123 cm³/mol. The van der Waals surface area contributed by atoms with Gasteiger partial charge in [-0.25, -0.2) is 26.8 Å². The molecule has 0 radical (unpaired) electrons. The molecule has 13 heteroatoms. The minimum absolute atomic E-state index is 0.0318. The highest BCUT2D eigenvalue weighted by Crippen LogP contribution is 2.41. The molecule has 8 nitrogen and oxygen atoms in total. The maximum atomic E-state index is 12.9. The van der Waals surface area contributed by atoms with Gasteiger partial charge in [0.2, 0.25) is 5.89 Å². The molecule has 0 amide bonds. The topological polar surface area (TPSA) is 120 Å². The maximum absolute atomic E-state index is 12.9. The second-order valence-electron chi connectivity index (χ2n) is 8.32. The van der Waals surface area contributed by atoms with E-state index in [-0.39, 0.29) is 33.3 Å². The first-order valence-corrected chi connectivity index (χ1v) is 14.0. The van der Waals surface area contributed by atoms with Gasteiger partial charge in [-0.1, -0.05) is 6.92 Å². The summed E-state index contributed by atoms with van der Waals surface area (Å²) in [4.78, 5) is 11.5. The summed E-state index contributed by atoms with van der Waals surface area (Å²) < 4.78 is 93.8. The van der Waals surface area contributed by atoms with Crippen LogP contribution < -0.4 is 0 Å². The second-order valence-corrected chi connectivity index (χ2v) is 12.5. The number of oxazole rings is 1. The van der Waals surface area contributed by atoms with Crippen LogP contribution in [0.15, 0.2) is 63.0 Å². The molecule has 188 valence electrons. The minimum Gasteiger partial charge on any atom is -0.435 e. The molecule has 0 saturated heterocycles. The van der Waals surface area contributed by atoms with Crippen molar-refractivity contribution in [2.24, 2.45) is 0 Å². The smallest absolute Gasteiger partial charge is 0.435 e. The Balaban J connectivity index is 1.63. The van der Waals surface area contributed by atoms with Crippen molar-refractivity contribution in [2.75, 3.05) is 5.75 Å². The molecule has 0 atom stereocenters. The molecule has 1 aliphatic carbocycles. The summed E-state index contributed by atoms with van der Waals surface area (Å²) in [5.74, 6) is -0.0667. The van der Waals surface area contributed by atoms with Crippen LogP contribution >= 0.6 is 0 Å². The molecule has 36 heavy (non-hydrogen) atoms. The predicted octanol–water partition coefficient (Wildman–Crippen LogP) is 4.92. The van der Waals surface area contributed by atoms with Crippen LogP contribution in [0.4, 0.5) is 13.2 Å². The van der Waals surface area contributed by atoms with Crippen molar-refractivity contribution in [3.05, 3.63) is 54.4 Å². The van der Waals surface area contributed by atoms with Gasteiger partial charge in [0.15, 0.2) is 15.4 Å². The lowest BCUT2D eigenvalue weighted by Crippen LogP contribution is -2.23. The van der Waals surface area contributed by atoms with E-state index >= 15 is 0 Å². The van der Waals surface area contributed by atoms with Gasteiger partial charge in [0.25, 0.3) is 9.84 Å². The fourth-order valence-electron chi connectivity index (χ4n) is 3.72. The van der Waals surface area contributed by atoms with Crippen molar-refractivity contribution >= 4 is 30.8 Å². The van der Waals surface area contributed by atoms with Gasteiger partial charge in [0, 0.05) is 18.0 Å². The second kappa shape index (κ2) is 8.37. The SMILES string of the molecule is CCS(=O)(=O)c1cc(-c2cc(C3CC3)ccn2)cnc1-c1nc2cc(S(=O)(=O)C(F)(F)F)ccc2o1. The molecule has 0 aliphatic heterocycles. The lowest BCUT2D eigenvalue weighted by Gasteiger charge is -2.09. The number of alkyl halides is 3. The number of sulfone groups is 2. The van der Waals surface area contributed by atoms with E-state index in [2.05, 4.69) is 15.0 Å². The maximum Gasteiger partial charge on any atom is 0.501 e. The Labute approximate surface area is 204 Å². The fourth-order valence-corrected chi connectivity index (χ4v) is 5.56. The van der Waals surface area contributed by atoms with Gasteiger partial charge in [-0.05, 0) is 60.7 Å². The summed E-state index contributed by atoms with van der Waals surface area (Å²) in [6.45, 7) is 1.46. The lowest BCUT2D eigenvalue weighted by atomic mass is 10.1. The zero-order valence-electron chi connectivity index (χ0n) is 18.7. The molecule has 1 aromatic carbocycles. The molecule has 0 spiro atoms. The van der Waals surface area contributed by atoms with Crippen molar-refractivity contribution in [1.29, 1.82) is 0 Å². The van der Waals surface area contributed by atoms with Crippen molar-refractivity contribution in [3.63, 3.8) is 0 Å². The molecule has 3 heterocycles. The number of aromatic nitrogens is 3. The molecule has 1 aliphatic rings. The lowest BCUT2D eigenvalue weighted by molar-refractivity contribution is -0.0435. The molecule has 3 aromatic heterocycles. The van der Waals surface area contributed by atoms with E-state index in [0.29, 0.717) is 17.2 Å². The number of hydrogen-bond acceptors (Lipinski definition) is 8. The third-order valence-electron chi connectivity index (χ3n) is 5.87. The number of rotatable bonds is 6. The number of pyridine rings is 2. The van der Waals surface area contributed by atoms with E-state index in [1.165, 1.54) is 19.2 Å². The largest absolute Gasteiger partial charge is 0.501 e. The summed E-state index contributed by atoms with van der Waals surface area (Å²) in [7, 11) is -9.45. The first-order chi connectivity index (χ1) is 16.9. The Kier molecular flexibility index (Phi) is 5.67. The summed E-state index contributed by atoms with van der Waals surface area (Å²) in [5.41, 5.74) is -3.75. The molecule has 5 rings (SSSR count). The molecule has 0 unspecified atom stereocenters. The highest BCUT2D eigenvalue weighted by atomic mass is 32.2. The molecule has 4 aromatic rings. The van der Waals surface area contributed by atoms with Gasteiger partial charge in [-0.15, -0.1) is 0 Å². The average Bonchev–Trinajstić information content (AvgIpc) is 3.61. The number of nitrogens with zero attached hydrogens (tertiary/aromatic N) is 3. The molecular formula is C23H18F3N3O5S2. The van der Waals surface area contributed by atoms with E-state index in [9.17, 15) is 30.0 Å². The van der Waals surface area contributed by atoms with Crippen LogP contribution in [0.25, 0.3) is 33.9 Å².